The molecule has 3 heterocycles. The molecule has 1 saturated heterocycles. The fourth-order valence-corrected chi connectivity index (χ4v) is 4.89. The Morgan fingerprint density at radius 1 is 0.935 bits per heavy atom. The Balaban J connectivity index is 1.24. The van der Waals surface area contributed by atoms with Crippen molar-refractivity contribution in [2.75, 3.05) is 37.6 Å². The lowest BCUT2D eigenvalue weighted by molar-refractivity contribution is 0.247. The number of fused-ring (bicyclic) bond motifs is 1. The van der Waals surface area contributed by atoms with E-state index in [0.29, 0.717) is 18.0 Å². The number of benzene rings is 1. The van der Waals surface area contributed by atoms with Crippen molar-refractivity contribution in [2.24, 2.45) is 0 Å². The van der Waals surface area contributed by atoms with Crippen LogP contribution in [0.2, 0.25) is 0 Å². The molecular weight excluding hydrogens is 390 g/mol. The van der Waals surface area contributed by atoms with Gasteiger partial charge in [0.2, 0.25) is 0 Å². The minimum atomic E-state index is 0.0526. The van der Waals surface area contributed by atoms with Gasteiger partial charge < -0.3 is 9.47 Å². The van der Waals surface area contributed by atoms with Gasteiger partial charge in [-0.15, -0.1) is 0 Å². The number of hydrogen-bond acceptors (Lipinski definition) is 5. The van der Waals surface area contributed by atoms with Gasteiger partial charge in [0.15, 0.2) is 0 Å². The minimum absolute atomic E-state index is 0.0526. The van der Waals surface area contributed by atoms with Gasteiger partial charge >= 0.3 is 0 Å². The number of piperazine rings is 1. The highest BCUT2D eigenvalue weighted by Gasteiger charge is 2.20. The lowest BCUT2D eigenvalue weighted by Crippen LogP contribution is -2.47. The van der Waals surface area contributed by atoms with Crippen molar-refractivity contribution >= 4 is 16.6 Å². The number of aromatic nitrogens is 3. The lowest BCUT2D eigenvalue weighted by Gasteiger charge is -2.36. The van der Waals surface area contributed by atoms with Gasteiger partial charge in [-0.3, -0.25) is 19.1 Å². The van der Waals surface area contributed by atoms with Crippen LogP contribution in [0.5, 0.6) is 0 Å². The summed E-state index contributed by atoms with van der Waals surface area (Å²) in [6.07, 6.45) is 8.14. The highest BCUT2D eigenvalue weighted by molar-refractivity contribution is 5.81. The molecular formula is C24H29N5O2. The molecule has 31 heavy (non-hydrogen) atoms. The molecule has 0 unspecified atom stereocenters. The molecule has 1 aliphatic carbocycles. The van der Waals surface area contributed by atoms with Crippen LogP contribution in [0.15, 0.2) is 58.5 Å². The second-order valence-electron chi connectivity index (χ2n) is 8.66. The summed E-state index contributed by atoms with van der Waals surface area (Å²) in [4.78, 5) is 34.2. The third-order valence-electron chi connectivity index (χ3n) is 6.78. The number of pyridine rings is 1. The van der Waals surface area contributed by atoms with E-state index in [0.717, 1.165) is 56.8 Å². The molecule has 5 rings (SSSR count). The van der Waals surface area contributed by atoms with Crippen LogP contribution >= 0.6 is 0 Å². The molecule has 3 aromatic rings. The molecule has 0 atom stereocenters. The summed E-state index contributed by atoms with van der Waals surface area (Å²) < 4.78 is 3.60. The molecule has 1 saturated carbocycles. The van der Waals surface area contributed by atoms with E-state index in [9.17, 15) is 9.59 Å². The smallest absolute Gasteiger partial charge is 0.261 e. The lowest BCUT2D eigenvalue weighted by atomic mass is 10.1. The van der Waals surface area contributed by atoms with Gasteiger partial charge in [0.05, 0.1) is 17.2 Å². The Kier molecular flexibility index (Phi) is 5.59. The Morgan fingerprint density at radius 2 is 1.74 bits per heavy atom. The van der Waals surface area contributed by atoms with E-state index in [4.69, 9.17) is 0 Å². The molecule has 0 spiro atoms. The van der Waals surface area contributed by atoms with Crippen LogP contribution in [0.4, 0.5) is 5.69 Å². The van der Waals surface area contributed by atoms with E-state index < -0.39 is 0 Å². The molecule has 0 bridgehead atoms. The van der Waals surface area contributed by atoms with Crippen molar-refractivity contribution < 1.29 is 0 Å². The summed E-state index contributed by atoms with van der Waals surface area (Å²) in [5.74, 6) is 0. The molecule has 1 aromatic carbocycles. The van der Waals surface area contributed by atoms with Crippen molar-refractivity contribution in [3.8, 4) is 0 Å². The minimum Gasteiger partial charge on any atom is -0.369 e. The maximum absolute atomic E-state index is 12.9. The molecule has 7 nitrogen and oxygen atoms in total. The molecule has 1 aliphatic heterocycles. The fraction of sp³-hybridized carbons (Fsp3) is 0.458. The summed E-state index contributed by atoms with van der Waals surface area (Å²) in [6.45, 7) is 5.35. The Labute approximate surface area is 181 Å². The Morgan fingerprint density at radius 3 is 2.52 bits per heavy atom. The molecule has 0 radical (unpaired) electrons. The van der Waals surface area contributed by atoms with Crippen molar-refractivity contribution in [2.45, 2.75) is 38.3 Å². The van der Waals surface area contributed by atoms with E-state index in [-0.39, 0.29) is 11.1 Å². The summed E-state index contributed by atoms with van der Waals surface area (Å²) in [5.41, 5.74) is 2.04. The second kappa shape index (κ2) is 8.67. The molecule has 2 aromatic heterocycles. The molecule has 2 fully saturated rings. The number of rotatable bonds is 5. The zero-order valence-corrected chi connectivity index (χ0v) is 17.8. The van der Waals surface area contributed by atoms with Crippen LogP contribution in [-0.4, -0.2) is 51.7 Å². The van der Waals surface area contributed by atoms with Crippen molar-refractivity contribution in [3.05, 3.63) is 69.6 Å². The summed E-state index contributed by atoms with van der Waals surface area (Å²) >= 11 is 0. The number of nitrogens with zero attached hydrogens (tertiary/aromatic N) is 5. The van der Waals surface area contributed by atoms with Crippen LogP contribution in [-0.2, 0) is 6.54 Å². The van der Waals surface area contributed by atoms with Crippen LogP contribution in [0.3, 0.4) is 0 Å². The SMILES string of the molecule is O=c1ccccn1CCN1CCN(c2ccc3c(=O)n(C4CCCC4)cnc3c2)CC1. The first kappa shape index (κ1) is 20.0. The maximum Gasteiger partial charge on any atom is 0.261 e. The number of anilines is 1. The molecule has 0 amide bonds. The van der Waals surface area contributed by atoms with Gasteiger partial charge in [-0.05, 0) is 37.1 Å². The third kappa shape index (κ3) is 4.14. The average molecular weight is 420 g/mol. The fourth-order valence-electron chi connectivity index (χ4n) is 4.89. The quantitative estimate of drug-likeness (QED) is 0.636. The average Bonchev–Trinajstić information content (AvgIpc) is 3.34. The van der Waals surface area contributed by atoms with Crippen molar-refractivity contribution in [1.82, 2.24) is 19.0 Å². The highest BCUT2D eigenvalue weighted by atomic mass is 16.1. The normalized spacial score (nSPS) is 18.1. The largest absolute Gasteiger partial charge is 0.369 e. The van der Waals surface area contributed by atoms with E-state index >= 15 is 0 Å². The van der Waals surface area contributed by atoms with Crippen molar-refractivity contribution in [3.63, 3.8) is 0 Å². The predicted octanol–water partition coefficient (Wildman–Crippen LogP) is 2.50. The van der Waals surface area contributed by atoms with E-state index in [2.05, 4.69) is 26.9 Å². The topological polar surface area (TPSA) is 63.4 Å². The van der Waals surface area contributed by atoms with E-state index in [1.807, 2.05) is 22.9 Å². The molecule has 7 heteroatoms. The zero-order chi connectivity index (χ0) is 21.2. The second-order valence-corrected chi connectivity index (χ2v) is 8.66. The molecule has 2 aliphatic rings. The van der Waals surface area contributed by atoms with E-state index in [1.54, 1.807) is 23.0 Å². The van der Waals surface area contributed by atoms with Gasteiger partial charge in [0, 0.05) is 63.3 Å². The first-order valence-electron chi connectivity index (χ1n) is 11.3. The first-order valence-corrected chi connectivity index (χ1v) is 11.3. The molecule has 0 N–H and O–H groups in total. The Bertz CT molecular complexity index is 1170. The van der Waals surface area contributed by atoms with Crippen molar-refractivity contribution in [1.29, 1.82) is 0 Å². The summed E-state index contributed by atoms with van der Waals surface area (Å²) in [7, 11) is 0. The van der Waals surface area contributed by atoms with Crippen LogP contribution in [0, 0.1) is 0 Å². The Hall–Kier alpha value is -2.93. The number of hydrogen-bond donors (Lipinski definition) is 0. The van der Waals surface area contributed by atoms with Gasteiger partial charge in [-0.1, -0.05) is 18.9 Å². The van der Waals surface area contributed by atoms with E-state index in [1.165, 1.54) is 12.8 Å². The van der Waals surface area contributed by atoms with Gasteiger partial charge in [0.25, 0.3) is 11.1 Å². The monoisotopic (exact) mass is 419 g/mol. The van der Waals surface area contributed by atoms with Gasteiger partial charge in [0.1, 0.15) is 0 Å². The zero-order valence-electron chi connectivity index (χ0n) is 17.8. The highest BCUT2D eigenvalue weighted by Crippen LogP contribution is 2.28. The standard InChI is InChI=1S/C24H29N5O2/c30-23-7-3-4-10-28(23)16-13-26-11-14-27(15-12-26)20-8-9-21-22(17-20)25-18-29(24(21)31)19-5-1-2-6-19/h3-4,7-10,17-19H,1-2,5-6,11-16H2. The third-order valence-corrected chi connectivity index (χ3v) is 6.78. The van der Waals surface area contributed by atoms with Crippen LogP contribution < -0.4 is 16.0 Å². The predicted molar refractivity (Wildman–Crippen MR) is 123 cm³/mol. The molecule has 162 valence electrons. The summed E-state index contributed by atoms with van der Waals surface area (Å²) in [6, 6.07) is 11.6. The summed E-state index contributed by atoms with van der Waals surface area (Å²) in [5, 5.41) is 0.713. The van der Waals surface area contributed by atoms with Gasteiger partial charge in [-0.2, -0.15) is 0 Å². The van der Waals surface area contributed by atoms with Crippen LogP contribution in [0.25, 0.3) is 10.9 Å². The van der Waals surface area contributed by atoms with Crippen LogP contribution in [0.1, 0.15) is 31.7 Å². The first-order chi connectivity index (χ1) is 15.2. The maximum atomic E-state index is 12.9. The van der Waals surface area contributed by atoms with Gasteiger partial charge in [-0.25, -0.2) is 4.98 Å².